The number of nitrogens with one attached hydrogen (secondary N) is 1. The van der Waals surface area contributed by atoms with Crippen LogP contribution in [0, 0.1) is 6.92 Å². The molecule has 4 rings (SSSR count). The van der Waals surface area contributed by atoms with Crippen molar-refractivity contribution in [2.24, 2.45) is 7.05 Å². The molecule has 0 aliphatic heterocycles. The molecule has 0 fully saturated rings. The van der Waals surface area contributed by atoms with Crippen LogP contribution in [0.2, 0.25) is 0 Å². The van der Waals surface area contributed by atoms with Crippen molar-refractivity contribution in [3.8, 4) is 5.75 Å². The lowest BCUT2D eigenvalue weighted by atomic mass is 9.88. The number of benzene rings is 2. The van der Waals surface area contributed by atoms with Crippen LogP contribution in [0.15, 0.2) is 41.6 Å². The summed E-state index contributed by atoms with van der Waals surface area (Å²) in [5, 5.41) is 12.1. The van der Waals surface area contributed by atoms with Crippen molar-refractivity contribution in [3.05, 3.63) is 64.5 Å². The Balaban J connectivity index is 1.32. The molecule has 3 aromatic rings. The van der Waals surface area contributed by atoms with Crippen molar-refractivity contribution in [1.29, 1.82) is 0 Å². The zero-order valence-corrected chi connectivity index (χ0v) is 19.8. The van der Waals surface area contributed by atoms with Crippen LogP contribution in [0.1, 0.15) is 47.8 Å². The molecule has 7 heteroatoms. The molecule has 6 nitrogen and oxygen atoms in total. The highest BCUT2D eigenvalue weighted by Gasteiger charge is 2.16. The number of amides is 1. The lowest BCUT2D eigenvalue weighted by molar-refractivity contribution is -0.113. The summed E-state index contributed by atoms with van der Waals surface area (Å²) < 4.78 is 7.99. The number of rotatable bonds is 8. The number of thioether (sulfide) groups is 1. The number of carbonyl (C=O) groups is 1. The van der Waals surface area contributed by atoms with Crippen LogP contribution >= 0.6 is 11.8 Å². The SMILES string of the molecule is CCc1ccc(NC(=O)CSc2nnc(COc3ccc4c(c3C)CCCC4)n2C)cc1. The highest BCUT2D eigenvalue weighted by atomic mass is 32.2. The monoisotopic (exact) mass is 450 g/mol. The first-order valence-electron chi connectivity index (χ1n) is 11.2. The Bertz CT molecular complexity index is 1090. The second-order valence-electron chi connectivity index (χ2n) is 8.17. The molecule has 0 saturated carbocycles. The van der Waals surface area contributed by atoms with Crippen LogP contribution in [0.5, 0.6) is 5.75 Å². The molecule has 1 heterocycles. The molecule has 0 radical (unpaired) electrons. The molecule has 0 bridgehead atoms. The van der Waals surface area contributed by atoms with Crippen molar-refractivity contribution < 1.29 is 9.53 Å². The minimum absolute atomic E-state index is 0.0651. The van der Waals surface area contributed by atoms with E-state index in [2.05, 4.69) is 41.5 Å². The third-order valence-corrected chi connectivity index (χ3v) is 7.05. The molecule has 0 spiro atoms. The van der Waals surface area contributed by atoms with Gasteiger partial charge in [-0.3, -0.25) is 4.79 Å². The lowest BCUT2D eigenvalue weighted by Gasteiger charge is -2.20. The Morgan fingerprint density at radius 1 is 1.12 bits per heavy atom. The van der Waals surface area contributed by atoms with Crippen LogP contribution in [0.25, 0.3) is 0 Å². The molecule has 1 N–H and O–H groups in total. The van der Waals surface area contributed by atoms with E-state index in [-0.39, 0.29) is 11.7 Å². The summed E-state index contributed by atoms with van der Waals surface area (Å²) in [7, 11) is 1.90. The molecule has 1 aromatic heterocycles. The minimum Gasteiger partial charge on any atom is -0.485 e. The predicted octanol–water partition coefficient (Wildman–Crippen LogP) is 4.87. The Morgan fingerprint density at radius 2 is 1.91 bits per heavy atom. The van der Waals surface area contributed by atoms with E-state index in [4.69, 9.17) is 4.74 Å². The predicted molar refractivity (Wildman–Crippen MR) is 128 cm³/mol. The van der Waals surface area contributed by atoms with Gasteiger partial charge < -0.3 is 14.6 Å². The maximum absolute atomic E-state index is 12.3. The van der Waals surface area contributed by atoms with Gasteiger partial charge >= 0.3 is 0 Å². The van der Waals surface area contributed by atoms with Gasteiger partial charge in [0.05, 0.1) is 5.75 Å². The zero-order chi connectivity index (χ0) is 22.5. The first-order chi connectivity index (χ1) is 15.5. The fourth-order valence-electron chi connectivity index (χ4n) is 4.04. The summed E-state index contributed by atoms with van der Waals surface area (Å²) >= 11 is 1.37. The number of hydrogen-bond donors (Lipinski definition) is 1. The van der Waals surface area contributed by atoms with E-state index in [0.29, 0.717) is 11.8 Å². The number of aryl methyl sites for hydroxylation is 2. The molecule has 1 amide bonds. The molecular formula is C25H30N4O2S. The van der Waals surface area contributed by atoms with Gasteiger partial charge in [0, 0.05) is 12.7 Å². The first-order valence-corrected chi connectivity index (χ1v) is 12.2. The van der Waals surface area contributed by atoms with E-state index < -0.39 is 0 Å². The summed E-state index contributed by atoms with van der Waals surface area (Å²) in [5.41, 5.74) is 6.19. The Labute approximate surface area is 193 Å². The lowest BCUT2D eigenvalue weighted by Crippen LogP contribution is -2.14. The van der Waals surface area contributed by atoms with Crippen molar-refractivity contribution in [1.82, 2.24) is 14.8 Å². The standard InChI is InChI=1S/C25H30N4O2S/c1-4-18-9-12-20(13-10-18)26-24(30)16-32-25-28-27-23(29(25)3)15-31-22-14-11-19-7-5-6-8-21(19)17(22)2/h9-14H,4-8,15-16H2,1-3H3,(H,26,30). The molecule has 1 aliphatic carbocycles. The topological polar surface area (TPSA) is 69.0 Å². The summed E-state index contributed by atoms with van der Waals surface area (Å²) in [5.74, 6) is 1.85. The van der Waals surface area contributed by atoms with E-state index in [1.165, 1.54) is 46.9 Å². The van der Waals surface area contributed by atoms with Gasteiger partial charge in [-0.05, 0) is 79.5 Å². The van der Waals surface area contributed by atoms with E-state index in [1.54, 1.807) is 0 Å². The number of hydrogen-bond acceptors (Lipinski definition) is 5. The maximum Gasteiger partial charge on any atom is 0.234 e. The van der Waals surface area contributed by atoms with E-state index in [0.717, 1.165) is 36.5 Å². The third kappa shape index (κ3) is 5.15. The van der Waals surface area contributed by atoms with Crippen LogP contribution < -0.4 is 10.1 Å². The summed E-state index contributed by atoms with van der Waals surface area (Å²) in [4.78, 5) is 12.3. The number of carbonyl (C=O) groups excluding carboxylic acids is 1. The molecule has 0 atom stereocenters. The molecular weight excluding hydrogens is 420 g/mol. The highest BCUT2D eigenvalue weighted by molar-refractivity contribution is 7.99. The average molecular weight is 451 g/mol. The van der Waals surface area contributed by atoms with Crippen molar-refractivity contribution in [3.63, 3.8) is 0 Å². The number of ether oxygens (including phenoxy) is 1. The molecule has 32 heavy (non-hydrogen) atoms. The van der Waals surface area contributed by atoms with Gasteiger partial charge in [0.1, 0.15) is 12.4 Å². The second kappa shape index (κ2) is 10.2. The number of fused-ring (bicyclic) bond motifs is 1. The van der Waals surface area contributed by atoms with Crippen LogP contribution in [-0.2, 0) is 37.7 Å². The van der Waals surface area contributed by atoms with E-state index >= 15 is 0 Å². The number of aromatic nitrogens is 3. The summed E-state index contributed by atoms with van der Waals surface area (Å²) in [6.45, 7) is 4.60. The van der Waals surface area contributed by atoms with Gasteiger partial charge in [0.2, 0.25) is 5.91 Å². The van der Waals surface area contributed by atoms with Crippen LogP contribution in [-0.4, -0.2) is 26.4 Å². The van der Waals surface area contributed by atoms with E-state index in [1.807, 2.05) is 35.9 Å². The van der Waals surface area contributed by atoms with Crippen LogP contribution in [0.3, 0.4) is 0 Å². The smallest absolute Gasteiger partial charge is 0.234 e. The van der Waals surface area contributed by atoms with E-state index in [9.17, 15) is 4.79 Å². The Morgan fingerprint density at radius 3 is 2.69 bits per heavy atom. The molecule has 2 aromatic carbocycles. The van der Waals surface area contributed by atoms with Crippen molar-refractivity contribution >= 4 is 23.4 Å². The molecule has 168 valence electrons. The van der Waals surface area contributed by atoms with Crippen LogP contribution in [0.4, 0.5) is 5.69 Å². The number of anilines is 1. The van der Waals surface area contributed by atoms with Crippen molar-refractivity contribution in [2.75, 3.05) is 11.1 Å². The molecule has 0 unspecified atom stereocenters. The third-order valence-electron chi connectivity index (χ3n) is 6.03. The maximum atomic E-state index is 12.3. The zero-order valence-electron chi connectivity index (χ0n) is 19.0. The molecule has 0 saturated heterocycles. The summed E-state index contributed by atoms with van der Waals surface area (Å²) in [6, 6.07) is 12.2. The largest absolute Gasteiger partial charge is 0.485 e. The van der Waals surface area contributed by atoms with Gasteiger partial charge in [-0.25, -0.2) is 0 Å². The number of nitrogens with zero attached hydrogens (tertiary/aromatic N) is 3. The fourth-order valence-corrected chi connectivity index (χ4v) is 4.77. The fraction of sp³-hybridized carbons (Fsp3) is 0.400. The summed E-state index contributed by atoms with van der Waals surface area (Å²) in [6.07, 6.45) is 5.80. The normalized spacial score (nSPS) is 13.0. The molecule has 1 aliphatic rings. The van der Waals surface area contributed by atoms with Gasteiger partial charge in [0.25, 0.3) is 0 Å². The Hall–Kier alpha value is -2.80. The second-order valence-corrected chi connectivity index (χ2v) is 9.11. The minimum atomic E-state index is -0.0651. The quantitative estimate of drug-likeness (QED) is 0.496. The first kappa shape index (κ1) is 22.4. The van der Waals surface area contributed by atoms with Crippen molar-refractivity contribution in [2.45, 2.75) is 57.7 Å². The van der Waals surface area contributed by atoms with Gasteiger partial charge in [-0.15, -0.1) is 10.2 Å². The Kier molecular flexibility index (Phi) is 7.15. The average Bonchev–Trinajstić information content (AvgIpc) is 3.17. The van der Waals surface area contributed by atoms with Gasteiger partial charge in [-0.1, -0.05) is 36.9 Å². The van der Waals surface area contributed by atoms with Gasteiger partial charge in [-0.2, -0.15) is 0 Å². The van der Waals surface area contributed by atoms with Gasteiger partial charge in [0.15, 0.2) is 11.0 Å². The highest BCUT2D eigenvalue weighted by Crippen LogP contribution is 2.31.